The molecule has 0 fully saturated rings. The third-order valence-corrected chi connectivity index (χ3v) is 4.32. The number of aryl methyl sites for hydroxylation is 1. The van der Waals surface area contributed by atoms with Crippen LogP contribution < -0.4 is 5.32 Å². The Bertz CT molecular complexity index is 1000. The lowest BCUT2D eigenvalue weighted by molar-refractivity contribution is 0.422. The predicted octanol–water partition coefficient (Wildman–Crippen LogP) is 3.86. The Hall–Kier alpha value is -2.99. The summed E-state index contributed by atoms with van der Waals surface area (Å²) in [5.41, 5.74) is 4.42. The maximum atomic E-state index is 5.38. The number of rotatable bonds is 7. The van der Waals surface area contributed by atoms with E-state index in [0.717, 1.165) is 48.2 Å². The number of aromatic amines is 1. The van der Waals surface area contributed by atoms with E-state index in [4.69, 9.17) is 4.52 Å². The number of hydrogen-bond acceptors (Lipinski definition) is 5. The summed E-state index contributed by atoms with van der Waals surface area (Å²) in [5, 5.41) is 15.8. The predicted molar refractivity (Wildman–Crippen MR) is 100 cm³/mol. The summed E-state index contributed by atoms with van der Waals surface area (Å²) in [5.74, 6) is 1.34. The van der Waals surface area contributed by atoms with Crippen molar-refractivity contribution in [2.24, 2.45) is 0 Å². The maximum Gasteiger partial charge on any atom is 0.257 e. The van der Waals surface area contributed by atoms with Gasteiger partial charge in [-0.3, -0.25) is 5.10 Å². The molecule has 2 heterocycles. The molecule has 2 aromatic carbocycles. The van der Waals surface area contributed by atoms with Crippen LogP contribution in [0.4, 0.5) is 0 Å². The van der Waals surface area contributed by atoms with Gasteiger partial charge in [-0.2, -0.15) is 10.1 Å². The van der Waals surface area contributed by atoms with E-state index < -0.39 is 0 Å². The van der Waals surface area contributed by atoms with Crippen molar-refractivity contribution in [3.63, 3.8) is 0 Å². The van der Waals surface area contributed by atoms with Crippen LogP contribution in [-0.2, 0) is 19.5 Å². The van der Waals surface area contributed by atoms with Gasteiger partial charge in [-0.25, -0.2) is 0 Å². The Morgan fingerprint density at radius 3 is 2.96 bits per heavy atom. The monoisotopic (exact) mass is 347 g/mol. The highest BCUT2D eigenvalue weighted by molar-refractivity contribution is 5.81. The standard InChI is InChI=1S/C20H21N5O/c1-2-5-18-23-20(26-25-18)15-7-3-6-14(10-15)11-21-12-16-8-4-9-17-13-22-24-19(16)17/h3-4,6-10,13,21H,2,5,11-12H2,1H3,(H,22,24). The van der Waals surface area contributed by atoms with Gasteiger partial charge in [0.1, 0.15) is 0 Å². The molecule has 0 bridgehead atoms. The molecule has 0 spiro atoms. The molecule has 4 rings (SSSR count). The molecule has 0 atom stereocenters. The van der Waals surface area contributed by atoms with Gasteiger partial charge in [0.2, 0.25) is 0 Å². The first-order chi connectivity index (χ1) is 12.8. The van der Waals surface area contributed by atoms with Gasteiger partial charge in [-0.15, -0.1) is 0 Å². The van der Waals surface area contributed by atoms with E-state index in [0.29, 0.717) is 5.89 Å². The Morgan fingerprint density at radius 2 is 2.04 bits per heavy atom. The number of H-pyrrole nitrogens is 1. The van der Waals surface area contributed by atoms with Crippen molar-refractivity contribution in [1.29, 1.82) is 0 Å². The van der Waals surface area contributed by atoms with E-state index in [1.54, 1.807) is 0 Å². The summed E-state index contributed by atoms with van der Waals surface area (Å²) in [4.78, 5) is 4.46. The number of nitrogens with zero attached hydrogens (tertiary/aromatic N) is 3. The van der Waals surface area contributed by atoms with Crippen LogP contribution in [0.1, 0.15) is 30.3 Å². The van der Waals surface area contributed by atoms with Crippen LogP contribution in [-0.4, -0.2) is 20.3 Å². The Labute approximate surface area is 151 Å². The third kappa shape index (κ3) is 3.50. The second kappa shape index (κ2) is 7.49. The molecule has 0 saturated carbocycles. The molecule has 4 aromatic rings. The van der Waals surface area contributed by atoms with Gasteiger partial charge >= 0.3 is 0 Å². The SMILES string of the molecule is CCCc1noc(-c2cccc(CNCc3cccc4cn[nH]c34)c2)n1. The van der Waals surface area contributed by atoms with Crippen molar-refractivity contribution < 1.29 is 4.52 Å². The highest BCUT2D eigenvalue weighted by Gasteiger charge is 2.09. The minimum absolute atomic E-state index is 0.581. The molecule has 0 aliphatic heterocycles. The Kier molecular flexibility index (Phi) is 4.75. The van der Waals surface area contributed by atoms with Crippen LogP contribution in [0.3, 0.4) is 0 Å². The fourth-order valence-corrected chi connectivity index (χ4v) is 3.03. The number of aromatic nitrogens is 4. The average Bonchev–Trinajstić information content (AvgIpc) is 3.32. The number of para-hydroxylation sites is 1. The van der Waals surface area contributed by atoms with Crippen LogP contribution in [0.2, 0.25) is 0 Å². The molecular formula is C20H21N5O. The normalized spacial score (nSPS) is 11.3. The van der Waals surface area contributed by atoms with Crippen molar-refractivity contribution in [3.8, 4) is 11.5 Å². The van der Waals surface area contributed by atoms with Gasteiger partial charge in [0, 0.05) is 30.5 Å². The molecule has 0 aliphatic rings. The molecule has 0 aliphatic carbocycles. The van der Waals surface area contributed by atoms with Gasteiger partial charge in [-0.05, 0) is 29.7 Å². The van der Waals surface area contributed by atoms with Crippen LogP contribution in [0.5, 0.6) is 0 Å². The molecular weight excluding hydrogens is 326 g/mol. The lowest BCUT2D eigenvalue weighted by Crippen LogP contribution is -2.13. The summed E-state index contributed by atoms with van der Waals surface area (Å²) in [6.07, 6.45) is 3.69. The zero-order valence-corrected chi connectivity index (χ0v) is 14.7. The first kappa shape index (κ1) is 16.5. The van der Waals surface area contributed by atoms with Crippen molar-refractivity contribution >= 4 is 10.9 Å². The van der Waals surface area contributed by atoms with Crippen molar-refractivity contribution in [2.45, 2.75) is 32.9 Å². The van der Waals surface area contributed by atoms with Crippen molar-refractivity contribution in [2.75, 3.05) is 0 Å². The summed E-state index contributed by atoms with van der Waals surface area (Å²) in [6.45, 7) is 3.63. The average molecular weight is 347 g/mol. The van der Waals surface area contributed by atoms with Gasteiger partial charge in [0.05, 0.1) is 11.7 Å². The van der Waals surface area contributed by atoms with Crippen LogP contribution >= 0.6 is 0 Å². The third-order valence-electron chi connectivity index (χ3n) is 4.32. The number of hydrogen-bond donors (Lipinski definition) is 2. The molecule has 0 unspecified atom stereocenters. The Balaban J connectivity index is 1.43. The summed E-state index contributed by atoms with van der Waals surface area (Å²) in [6, 6.07) is 14.4. The first-order valence-electron chi connectivity index (χ1n) is 8.87. The molecule has 132 valence electrons. The van der Waals surface area contributed by atoms with Gasteiger partial charge < -0.3 is 9.84 Å². The van der Waals surface area contributed by atoms with E-state index in [9.17, 15) is 0 Å². The van der Waals surface area contributed by atoms with Crippen molar-refractivity contribution in [3.05, 3.63) is 65.6 Å². The summed E-state index contributed by atoms with van der Waals surface area (Å²) < 4.78 is 5.38. The lowest BCUT2D eigenvalue weighted by atomic mass is 10.1. The number of nitrogens with one attached hydrogen (secondary N) is 2. The smallest absolute Gasteiger partial charge is 0.257 e. The molecule has 2 aromatic heterocycles. The molecule has 0 saturated heterocycles. The first-order valence-corrected chi connectivity index (χ1v) is 8.87. The van der Waals surface area contributed by atoms with Gasteiger partial charge in [0.15, 0.2) is 5.82 Å². The minimum Gasteiger partial charge on any atom is -0.334 e. The van der Waals surface area contributed by atoms with E-state index >= 15 is 0 Å². The molecule has 2 N–H and O–H groups in total. The fourth-order valence-electron chi connectivity index (χ4n) is 3.03. The number of fused-ring (bicyclic) bond motifs is 1. The van der Waals surface area contributed by atoms with E-state index in [-0.39, 0.29) is 0 Å². The van der Waals surface area contributed by atoms with Crippen molar-refractivity contribution in [1.82, 2.24) is 25.7 Å². The van der Waals surface area contributed by atoms with E-state index in [1.807, 2.05) is 18.3 Å². The molecule has 0 radical (unpaired) electrons. The molecule has 26 heavy (non-hydrogen) atoms. The maximum absolute atomic E-state index is 5.38. The van der Waals surface area contributed by atoms with E-state index in [1.165, 1.54) is 11.1 Å². The molecule has 6 nitrogen and oxygen atoms in total. The number of benzene rings is 2. The topological polar surface area (TPSA) is 79.6 Å². The van der Waals surface area contributed by atoms with Crippen LogP contribution in [0, 0.1) is 0 Å². The zero-order chi connectivity index (χ0) is 17.8. The highest BCUT2D eigenvalue weighted by Crippen LogP contribution is 2.19. The van der Waals surface area contributed by atoms with E-state index in [2.05, 4.69) is 62.9 Å². The molecule has 0 amide bonds. The highest BCUT2D eigenvalue weighted by atomic mass is 16.5. The van der Waals surface area contributed by atoms with Crippen LogP contribution in [0.15, 0.2) is 53.2 Å². The van der Waals surface area contributed by atoms with Gasteiger partial charge in [-0.1, -0.05) is 42.4 Å². The Morgan fingerprint density at radius 1 is 1.12 bits per heavy atom. The zero-order valence-electron chi connectivity index (χ0n) is 14.7. The summed E-state index contributed by atoms with van der Waals surface area (Å²) >= 11 is 0. The van der Waals surface area contributed by atoms with Gasteiger partial charge in [0.25, 0.3) is 5.89 Å². The second-order valence-corrected chi connectivity index (χ2v) is 6.32. The minimum atomic E-state index is 0.581. The fraction of sp³-hybridized carbons (Fsp3) is 0.250. The second-order valence-electron chi connectivity index (χ2n) is 6.32. The van der Waals surface area contributed by atoms with Crippen LogP contribution in [0.25, 0.3) is 22.4 Å². The lowest BCUT2D eigenvalue weighted by Gasteiger charge is -2.07. The summed E-state index contributed by atoms with van der Waals surface area (Å²) in [7, 11) is 0. The largest absolute Gasteiger partial charge is 0.334 e. The quantitative estimate of drug-likeness (QED) is 0.531. The molecule has 6 heteroatoms.